The van der Waals surface area contributed by atoms with Crippen LogP contribution in [0.1, 0.15) is 46.2 Å². The van der Waals surface area contributed by atoms with E-state index in [1.165, 1.54) is 12.8 Å². The van der Waals surface area contributed by atoms with Crippen molar-refractivity contribution in [2.45, 2.75) is 25.3 Å². The fourth-order valence-electron chi connectivity index (χ4n) is 4.40. The number of hydrogen-bond acceptors (Lipinski definition) is 4. The van der Waals surface area contributed by atoms with E-state index in [2.05, 4.69) is 19.9 Å². The summed E-state index contributed by atoms with van der Waals surface area (Å²) in [6.45, 7) is 2.66. The molecule has 1 fully saturated rings. The first-order chi connectivity index (χ1) is 14.2. The SMILES string of the molecule is O=C(c1ccc(N2CCCC2)c(Cl)c1)N1CCc2[nH]cnc2C1c1ccncc1. The second-order valence-electron chi connectivity index (χ2n) is 7.56. The van der Waals surface area contributed by atoms with E-state index in [0.29, 0.717) is 17.1 Å². The van der Waals surface area contributed by atoms with Gasteiger partial charge >= 0.3 is 0 Å². The molecule has 1 unspecified atom stereocenters. The number of aromatic nitrogens is 3. The fraction of sp³-hybridized carbons (Fsp3) is 0.318. The van der Waals surface area contributed by atoms with E-state index in [9.17, 15) is 4.79 Å². The predicted molar refractivity (Wildman–Crippen MR) is 112 cm³/mol. The molecule has 2 aliphatic heterocycles. The summed E-state index contributed by atoms with van der Waals surface area (Å²) in [5.74, 6) is -0.0321. The van der Waals surface area contributed by atoms with Gasteiger partial charge in [-0.05, 0) is 48.7 Å². The molecule has 29 heavy (non-hydrogen) atoms. The molecule has 0 aliphatic carbocycles. The lowest BCUT2D eigenvalue weighted by Crippen LogP contribution is -2.40. The van der Waals surface area contributed by atoms with Gasteiger partial charge in [0.1, 0.15) is 6.04 Å². The van der Waals surface area contributed by atoms with Gasteiger partial charge in [-0.3, -0.25) is 9.78 Å². The number of nitrogens with one attached hydrogen (secondary N) is 1. The van der Waals surface area contributed by atoms with Gasteiger partial charge in [-0.2, -0.15) is 0 Å². The summed E-state index contributed by atoms with van der Waals surface area (Å²) >= 11 is 6.57. The number of carbonyl (C=O) groups excluding carboxylic acids is 1. The maximum Gasteiger partial charge on any atom is 0.254 e. The van der Waals surface area contributed by atoms with Gasteiger partial charge in [0.2, 0.25) is 0 Å². The van der Waals surface area contributed by atoms with Gasteiger partial charge in [-0.1, -0.05) is 11.6 Å². The number of amides is 1. The van der Waals surface area contributed by atoms with Crippen molar-refractivity contribution in [3.05, 3.63) is 76.6 Å². The smallest absolute Gasteiger partial charge is 0.254 e. The number of imidazole rings is 1. The number of benzene rings is 1. The number of aromatic amines is 1. The van der Waals surface area contributed by atoms with Crippen LogP contribution in [0.5, 0.6) is 0 Å². The van der Waals surface area contributed by atoms with Crippen LogP contribution in [0, 0.1) is 0 Å². The van der Waals surface area contributed by atoms with Crippen molar-refractivity contribution in [3.8, 4) is 0 Å². The summed E-state index contributed by atoms with van der Waals surface area (Å²) in [6.07, 6.45) is 8.33. The average Bonchev–Trinajstić information content (AvgIpc) is 3.45. The third-order valence-electron chi connectivity index (χ3n) is 5.85. The molecule has 3 aromatic rings. The number of halogens is 1. The zero-order valence-corrected chi connectivity index (χ0v) is 16.8. The Morgan fingerprint density at radius 2 is 1.90 bits per heavy atom. The lowest BCUT2D eigenvalue weighted by Gasteiger charge is -2.35. The maximum atomic E-state index is 13.5. The van der Waals surface area contributed by atoms with Crippen LogP contribution >= 0.6 is 11.6 Å². The Kier molecular flexibility index (Phi) is 4.72. The highest BCUT2D eigenvalue weighted by atomic mass is 35.5. The van der Waals surface area contributed by atoms with Gasteiger partial charge in [0.15, 0.2) is 0 Å². The molecule has 148 valence electrons. The predicted octanol–water partition coefficient (Wildman–Crippen LogP) is 3.85. The molecule has 1 N–H and O–H groups in total. The van der Waals surface area contributed by atoms with Crippen molar-refractivity contribution in [2.75, 3.05) is 24.5 Å². The van der Waals surface area contributed by atoms with Gasteiger partial charge in [0, 0.05) is 49.7 Å². The summed E-state index contributed by atoms with van der Waals surface area (Å²) in [4.78, 5) is 29.5. The highest BCUT2D eigenvalue weighted by molar-refractivity contribution is 6.33. The number of carbonyl (C=O) groups is 1. The first-order valence-electron chi connectivity index (χ1n) is 10.00. The first-order valence-corrected chi connectivity index (χ1v) is 10.4. The molecule has 4 heterocycles. The lowest BCUT2D eigenvalue weighted by molar-refractivity contribution is 0.0690. The molecule has 1 atom stereocenters. The largest absolute Gasteiger partial charge is 0.370 e. The van der Waals surface area contributed by atoms with Crippen molar-refractivity contribution in [1.29, 1.82) is 0 Å². The summed E-state index contributed by atoms with van der Waals surface area (Å²) in [5, 5.41) is 0.635. The molecule has 0 spiro atoms. The number of H-pyrrole nitrogens is 1. The van der Waals surface area contributed by atoms with Crippen LogP contribution in [-0.2, 0) is 6.42 Å². The van der Waals surface area contributed by atoms with Crippen molar-refractivity contribution in [1.82, 2.24) is 19.9 Å². The van der Waals surface area contributed by atoms with Gasteiger partial charge in [-0.15, -0.1) is 0 Å². The second-order valence-corrected chi connectivity index (χ2v) is 7.97. The molecule has 1 amide bonds. The molecule has 0 radical (unpaired) electrons. The molecule has 1 aromatic carbocycles. The molecule has 7 heteroatoms. The standard InChI is InChI=1S/C22H22ClN5O/c23-17-13-16(3-4-19(17)27-10-1-2-11-27)22(29)28-12-7-18-20(26-14-25-18)21(28)15-5-8-24-9-6-15/h3-6,8-9,13-14,21H,1-2,7,10-12H2,(H,25,26). The van der Waals surface area contributed by atoms with Gasteiger partial charge < -0.3 is 14.8 Å². The molecule has 6 nitrogen and oxygen atoms in total. The summed E-state index contributed by atoms with van der Waals surface area (Å²) < 4.78 is 0. The summed E-state index contributed by atoms with van der Waals surface area (Å²) in [5.41, 5.74) is 4.60. The third-order valence-corrected chi connectivity index (χ3v) is 6.15. The Labute approximate surface area is 174 Å². The molecular weight excluding hydrogens is 386 g/mol. The van der Waals surface area contributed by atoms with Crippen LogP contribution in [0.4, 0.5) is 5.69 Å². The van der Waals surface area contributed by atoms with Gasteiger partial charge in [0.25, 0.3) is 5.91 Å². The summed E-state index contributed by atoms with van der Waals surface area (Å²) in [6, 6.07) is 9.33. The quantitative estimate of drug-likeness (QED) is 0.716. The van der Waals surface area contributed by atoms with E-state index in [1.54, 1.807) is 24.8 Å². The van der Waals surface area contributed by atoms with Crippen molar-refractivity contribution in [2.24, 2.45) is 0 Å². The topological polar surface area (TPSA) is 65.1 Å². The van der Waals surface area contributed by atoms with Gasteiger partial charge in [0.05, 0.1) is 22.7 Å². The van der Waals surface area contributed by atoms with Crippen LogP contribution < -0.4 is 4.90 Å². The highest BCUT2D eigenvalue weighted by Gasteiger charge is 2.34. The van der Waals surface area contributed by atoms with Crippen molar-refractivity contribution < 1.29 is 4.79 Å². The van der Waals surface area contributed by atoms with Crippen molar-refractivity contribution >= 4 is 23.2 Å². The number of fused-ring (bicyclic) bond motifs is 1. The van der Waals surface area contributed by atoms with E-state index in [-0.39, 0.29) is 11.9 Å². The lowest BCUT2D eigenvalue weighted by atomic mass is 9.95. The van der Waals surface area contributed by atoms with E-state index in [1.807, 2.05) is 29.2 Å². The zero-order valence-electron chi connectivity index (χ0n) is 16.0. The first kappa shape index (κ1) is 18.2. The minimum Gasteiger partial charge on any atom is -0.370 e. The highest BCUT2D eigenvalue weighted by Crippen LogP contribution is 2.35. The Hall–Kier alpha value is -2.86. The van der Waals surface area contributed by atoms with Gasteiger partial charge in [-0.25, -0.2) is 4.98 Å². The Bertz CT molecular complexity index is 1030. The number of nitrogens with zero attached hydrogens (tertiary/aromatic N) is 4. The Balaban J connectivity index is 1.49. The zero-order chi connectivity index (χ0) is 19.8. The number of rotatable bonds is 3. The average molecular weight is 408 g/mol. The van der Waals surface area contributed by atoms with Crippen LogP contribution in [-0.4, -0.2) is 45.4 Å². The monoisotopic (exact) mass is 407 g/mol. The molecule has 0 bridgehead atoms. The van der Waals surface area contributed by atoms with E-state index < -0.39 is 0 Å². The minimum atomic E-state index is -0.238. The minimum absolute atomic E-state index is 0.0321. The molecule has 2 aliphatic rings. The molecule has 0 saturated carbocycles. The van der Waals surface area contributed by atoms with E-state index in [0.717, 1.165) is 42.1 Å². The molecular formula is C22H22ClN5O. The van der Waals surface area contributed by atoms with Crippen LogP contribution in [0.2, 0.25) is 5.02 Å². The van der Waals surface area contributed by atoms with Crippen LogP contribution in [0.25, 0.3) is 0 Å². The van der Waals surface area contributed by atoms with E-state index >= 15 is 0 Å². The number of pyridine rings is 1. The Morgan fingerprint density at radius 3 is 2.66 bits per heavy atom. The van der Waals surface area contributed by atoms with Crippen LogP contribution in [0.15, 0.2) is 49.1 Å². The van der Waals surface area contributed by atoms with Crippen molar-refractivity contribution in [3.63, 3.8) is 0 Å². The Morgan fingerprint density at radius 1 is 1.10 bits per heavy atom. The molecule has 5 rings (SSSR count). The normalized spacial score (nSPS) is 18.7. The molecule has 2 aromatic heterocycles. The number of hydrogen-bond donors (Lipinski definition) is 1. The maximum absolute atomic E-state index is 13.5. The van der Waals surface area contributed by atoms with Crippen LogP contribution in [0.3, 0.4) is 0 Å². The summed E-state index contributed by atoms with van der Waals surface area (Å²) in [7, 11) is 0. The number of anilines is 1. The third kappa shape index (κ3) is 3.27. The fourth-order valence-corrected chi connectivity index (χ4v) is 4.70. The second kappa shape index (κ2) is 7.52. The molecule has 1 saturated heterocycles. The van der Waals surface area contributed by atoms with E-state index in [4.69, 9.17) is 11.6 Å².